The molecular weight excluding hydrogens is 522 g/mol. The third kappa shape index (κ3) is 11.8. The van der Waals surface area contributed by atoms with Gasteiger partial charge in [0, 0.05) is 51.0 Å². The number of carboxylic acids is 3. The van der Waals surface area contributed by atoms with Crippen LogP contribution in [-0.4, -0.2) is 129 Å². The molecule has 4 N–H and O–H groups in total. The number of rotatable bonds is 10. The number of nitrogens with zero attached hydrogens (tertiary/aromatic N) is 5. The Kier molecular flexibility index (Phi) is 15.6. The van der Waals surface area contributed by atoms with Gasteiger partial charge in [-0.3, -0.25) is 29.1 Å². The molecule has 0 fully saturated rings. The summed E-state index contributed by atoms with van der Waals surface area (Å²) in [6, 6.07) is 5.27. The molecule has 0 amide bonds. The van der Waals surface area contributed by atoms with Crippen molar-refractivity contribution in [2.45, 2.75) is 46.2 Å². The smallest absolute Gasteiger partial charge is 0.323 e. The zero-order chi connectivity index (χ0) is 30.2. The number of carboxylic acid groups (broad SMARTS) is 3. The third-order valence-electron chi connectivity index (χ3n) is 6.75. The van der Waals surface area contributed by atoms with Gasteiger partial charge in [-0.15, -0.1) is 4.91 Å². The molecule has 1 aliphatic heterocycles. The van der Waals surface area contributed by atoms with Crippen LogP contribution in [0.3, 0.4) is 0 Å². The zero-order valence-corrected chi connectivity index (χ0v) is 23.8. The lowest BCUT2D eigenvalue weighted by molar-refractivity contribution is -0.143. The molecule has 1 aromatic carbocycles. The Morgan fingerprint density at radius 3 is 2.10 bits per heavy atom. The fourth-order valence-corrected chi connectivity index (χ4v) is 4.36. The Morgan fingerprint density at radius 1 is 0.975 bits per heavy atom. The molecule has 0 bridgehead atoms. The first-order valence-corrected chi connectivity index (χ1v) is 13.4. The number of aliphatic hydroxyl groups excluding tert-OH is 1. The SMILES string of the molecule is CC.CC1=CCN(C(C)C(=O)O)CC(Cc2ccc(N=O)cc2)N(CC(=O)O)CCN(CO)CCN1CC(=O)O. The number of allylic oxidation sites excluding steroid dienone is 1. The van der Waals surface area contributed by atoms with E-state index >= 15 is 0 Å². The van der Waals surface area contributed by atoms with Crippen LogP contribution in [0.15, 0.2) is 41.2 Å². The number of aliphatic carboxylic acids is 3. The highest BCUT2D eigenvalue weighted by Crippen LogP contribution is 2.18. The number of aliphatic hydroxyl groups is 1. The lowest BCUT2D eigenvalue weighted by Gasteiger charge is -2.37. The van der Waals surface area contributed by atoms with E-state index in [0.29, 0.717) is 31.8 Å². The fourth-order valence-electron chi connectivity index (χ4n) is 4.36. The highest BCUT2D eigenvalue weighted by atomic mass is 16.4. The quantitative estimate of drug-likeness (QED) is 0.303. The first kappa shape index (κ1) is 34.6. The molecule has 40 heavy (non-hydrogen) atoms. The molecule has 1 heterocycles. The lowest BCUT2D eigenvalue weighted by atomic mass is 10.0. The Bertz CT molecular complexity index is 988. The van der Waals surface area contributed by atoms with Crippen molar-refractivity contribution < 1.29 is 34.8 Å². The topological polar surface area (TPSA) is 175 Å². The van der Waals surface area contributed by atoms with Crippen LogP contribution in [0.1, 0.15) is 33.3 Å². The van der Waals surface area contributed by atoms with Crippen molar-refractivity contribution in [1.82, 2.24) is 19.6 Å². The maximum Gasteiger partial charge on any atom is 0.323 e. The summed E-state index contributed by atoms with van der Waals surface area (Å²) < 4.78 is 0. The van der Waals surface area contributed by atoms with E-state index < -0.39 is 30.0 Å². The monoisotopic (exact) mass is 565 g/mol. The largest absolute Gasteiger partial charge is 0.480 e. The molecule has 2 atom stereocenters. The highest BCUT2D eigenvalue weighted by Gasteiger charge is 2.29. The van der Waals surface area contributed by atoms with Gasteiger partial charge in [-0.1, -0.05) is 32.1 Å². The summed E-state index contributed by atoms with van der Waals surface area (Å²) in [6.07, 6.45) is 2.15. The van der Waals surface area contributed by atoms with Gasteiger partial charge in [0.25, 0.3) is 0 Å². The molecule has 13 heteroatoms. The number of carbonyl (C=O) groups is 3. The van der Waals surface area contributed by atoms with Gasteiger partial charge in [0.2, 0.25) is 0 Å². The summed E-state index contributed by atoms with van der Waals surface area (Å²) in [5, 5.41) is 41.6. The van der Waals surface area contributed by atoms with E-state index in [2.05, 4.69) is 5.18 Å². The van der Waals surface area contributed by atoms with Gasteiger partial charge in [0.1, 0.15) is 18.3 Å². The molecule has 224 valence electrons. The summed E-state index contributed by atoms with van der Waals surface area (Å²) in [7, 11) is 0. The molecule has 13 nitrogen and oxygen atoms in total. The van der Waals surface area contributed by atoms with Crippen molar-refractivity contribution in [2.75, 3.05) is 59.1 Å². The van der Waals surface area contributed by atoms with Crippen LogP contribution in [-0.2, 0) is 20.8 Å². The Morgan fingerprint density at radius 2 is 1.57 bits per heavy atom. The minimum absolute atomic E-state index is 0.199. The maximum absolute atomic E-state index is 12.0. The van der Waals surface area contributed by atoms with Gasteiger partial charge in [-0.25, -0.2) is 0 Å². The van der Waals surface area contributed by atoms with Crippen molar-refractivity contribution in [3.8, 4) is 0 Å². The highest BCUT2D eigenvalue weighted by molar-refractivity contribution is 5.73. The zero-order valence-electron chi connectivity index (χ0n) is 23.8. The summed E-state index contributed by atoms with van der Waals surface area (Å²) >= 11 is 0. The molecule has 0 aliphatic carbocycles. The summed E-state index contributed by atoms with van der Waals surface area (Å²) in [4.78, 5) is 52.9. The van der Waals surface area contributed by atoms with Crippen molar-refractivity contribution in [2.24, 2.45) is 5.18 Å². The number of hydrogen-bond donors (Lipinski definition) is 4. The van der Waals surface area contributed by atoms with Crippen molar-refractivity contribution in [1.29, 1.82) is 0 Å². The van der Waals surface area contributed by atoms with Crippen molar-refractivity contribution >= 4 is 23.6 Å². The van der Waals surface area contributed by atoms with Crippen LogP contribution in [0.4, 0.5) is 5.69 Å². The second-order valence-electron chi connectivity index (χ2n) is 9.37. The van der Waals surface area contributed by atoms with E-state index in [-0.39, 0.29) is 45.1 Å². The first-order chi connectivity index (χ1) is 19.0. The van der Waals surface area contributed by atoms with Crippen LogP contribution in [0.5, 0.6) is 0 Å². The average Bonchev–Trinajstić information content (AvgIpc) is 2.94. The summed E-state index contributed by atoms with van der Waals surface area (Å²) in [6.45, 7) is 8.10. The van der Waals surface area contributed by atoms with E-state index in [1.165, 1.54) is 0 Å². The Balaban J connectivity index is 0.00000391. The Labute approximate surface area is 235 Å². The summed E-state index contributed by atoms with van der Waals surface area (Å²) in [5.74, 6) is -3.10. The van der Waals surface area contributed by atoms with Gasteiger partial charge in [0.05, 0.1) is 13.3 Å². The van der Waals surface area contributed by atoms with Gasteiger partial charge in [-0.2, -0.15) is 0 Å². The molecule has 1 aromatic rings. The average molecular weight is 566 g/mol. The van der Waals surface area contributed by atoms with Gasteiger partial charge in [0.15, 0.2) is 0 Å². The number of nitroso groups, excluding NO2 is 1. The van der Waals surface area contributed by atoms with E-state index in [1.807, 2.05) is 13.8 Å². The first-order valence-electron chi connectivity index (χ1n) is 13.4. The van der Waals surface area contributed by atoms with Crippen LogP contribution in [0, 0.1) is 4.91 Å². The van der Waals surface area contributed by atoms with Gasteiger partial charge in [-0.05, 0) is 43.1 Å². The molecule has 0 aromatic heterocycles. The van der Waals surface area contributed by atoms with Crippen molar-refractivity contribution in [3.05, 3.63) is 46.5 Å². The lowest BCUT2D eigenvalue weighted by Crippen LogP contribution is -2.52. The molecule has 0 radical (unpaired) electrons. The van der Waals surface area contributed by atoms with Crippen LogP contribution < -0.4 is 0 Å². The molecule has 2 rings (SSSR count). The van der Waals surface area contributed by atoms with Crippen LogP contribution >= 0.6 is 0 Å². The van der Waals surface area contributed by atoms with Crippen molar-refractivity contribution in [3.63, 3.8) is 0 Å². The predicted molar refractivity (Wildman–Crippen MR) is 150 cm³/mol. The maximum atomic E-state index is 12.0. The minimum atomic E-state index is -1.04. The second kappa shape index (κ2) is 18.1. The normalized spacial score (nSPS) is 19.1. The summed E-state index contributed by atoms with van der Waals surface area (Å²) in [5.41, 5.74) is 1.74. The van der Waals surface area contributed by atoms with Gasteiger partial charge >= 0.3 is 17.9 Å². The standard InChI is InChI=1S/C25H37N5O8.C2H6/c1-18-7-8-29(19(2)25(36)37)14-22(13-20-3-5-21(26-38)6-4-20)30(16-24(34)35)12-10-27(17-31)9-11-28(18)15-23(32)33;1-2/h3-7,19,22,31H,8-17H2,1-2H3,(H,32,33)(H,34,35)(H,36,37);1-2H3. The number of hydrogen-bond acceptors (Lipinski definition) is 10. The fraction of sp³-hybridized carbons (Fsp3) is 0.593. The third-order valence-corrected chi connectivity index (χ3v) is 6.75. The number of benzene rings is 1. The molecular formula is C27H43N5O8. The van der Waals surface area contributed by atoms with Gasteiger partial charge < -0.3 is 25.3 Å². The van der Waals surface area contributed by atoms with E-state index in [0.717, 1.165) is 5.56 Å². The molecule has 1 aliphatic rings. The van der Waals surface area contributed by atoms with Crippen LogP contribution in [0.2, 0.25) is 0 Å². The molecule has 0 saturated heterocycles. The van der Waals surface area contributed by atoms with Crippen LogP contribution in [0.25, 0.3) is 0 Å². The molecule has 2 unspecified atom stereocenters. The minimum Gasteiger partial charge on any atom is -0.480 e. The Hall–Kier alpha value is -3.39. The second-order valence-corrected chi connectivity index (χ2v) is 9.37. The van der Waals surface area contributed by atoms with E-state index in [4.69, 9.17) is 0 Å². The molecule has 0 spiro atoms. The predicted octanol–water partition coefficient (Wildman–Crippen LogP) is 1.74. The van der Waals surface area contributed by atoms with E-state index in [9.17, 15) is 39.7 Å². The van der Waals surface area contributed by atoms with E-state index in [1.54, 1.807) is 63.8 Å². The molecule has 0 saturated carbocycles.